The number of halogens is 1. The summed E-state index contributed by atoms with van der Waals surface area (Å²) in [6, 6.07) is 5.74. The van der Waals surface area contributed by atoms with Crippen LogP contribution in [0.3, 0.4) is 0 Å². The van der Waals surface area contributed by atoms with Crippen LogP contribution in [0.25, 0.3) is 11.4 Å². The summed E-state index contributed by atoms with van der Waals surface area (Å²) in [6.45, 7) is 0. The molecule has 5 nitrogen and oxygen atoms in total. The van der Waals surface area contributed by atoms with Crippen LogP contribution in [0.2, 0.25) is 0 Å². The van der Waals surface area contributed by atoms with E-state index in [9.17, 15) is 0 Å². The number of ether oxygens (including phenoxy) is 1. The third kappa shape index (κ3) is 2.25. The second-order valence-corrected chi connectivity index (χ2v) is 5.52. The number of nitrogen functional groups attached to an aromatic ring is 1. The van der Waals surface area contributed by atoms with Gasteiger partial charge in [0.1, 0.15) is 11.6 Å². The van der Waals surface area contributed by atoms with Gasteiger partial charge in [0.15, 0.2) is 5.82 Å². The van der Waals surface area contributed by atoms with Gasteiger partial charge in [0.05, 0.1) is 7.11 Å². The summed E-state index contributed by atoms with van der Waals surface area (Å²) in [5.74, 6) is 7.77. The maximum atomic E-state index is 5.58. The quantitative estimate of drug-likeness (QED) is 0.666. The monoisotopic (exact) mass is 334 g/mol. The predicted octanol–water partition coefficient (Wildman–Crippen LogP) is 2.69. The number of fused-ring (bicyclic) bond motifs is 1. The van der Waals surface area contributed by atoms with Crippen molar-refractivity contribution in [3.05, 3.63) is 33.9 Å². The Labute approximate surface area is 125 Å². The molecule has 0 spiro atoms. The first-order valence-electron chi connectivity index (χ1n) is 6.43. The summed E-state index contributed by atoms with van der Waals surface area (Å²) in [5, 5.41) is 0. The number of methoxy groups -OCH3 is 1. The van der Waals surface area contributed by atoms with Crippen molar-refractivity contribution in [3.63, 3.8) is 0 Å². The van der Waals surface area contributed by atoms with Crippen LogP contribution < -0.4 is 16.0 Å². The zero-order valence-electron chi connectivity index (χ0n) is 11.1. The summed E-state index contributed by atoms with van der Waals surface area (Å²) < 4.78 is 6.10. The molecule has 104 valence electrons. The smallest absolute Gasteiger partial charge is 0.162 e. The topological polar surface area (TPSA) is 73.1 Å². The van der Waals surface area contributed by atoms with Crippen molar-refractivity contribution in [1.29, 1.82) is 0 Å². The van der Waals surface area contributed by atoms with Crippen molar-refractivity contribution in [3.8, 4) is 17.1 Å². The molecule has 0 aliphatic heterocycles. The Hall–Kier alpha value is -1.66. The van der Waals surface area contributed by atoms with Gasteiger partial charge in [-0.25, -0.2) is 15.8 Å². The van der Waals surface area contributed by atoms with E-state index in [0.29, 0.717) is 5.82 Å². The highest BCUT2D eigenvalue weighted by Crippen LogP contribution is 2.33. The predicted molar refractivity (Wildman–Crippen MR) is 81.6 cm³/mol. The minimum atomic E-state index is 0.674. The van der Waals surface area contributed by atoms with Gasteiger partial charge in [-0.3, -0.25) is 0 Å². The molecule has 3 rings (SSSR count). The molecule has 0 amide bonds. The Kier molecular flexibility index (Phi) is 3.58. The fourth-order valence-electron chi connectivity index (χ4n) is 2.48. The number of nitrogens with zero attached hydrogens (tertiary/aromatic N) is 2. The summed E-state index contributed by atoms with van der Waals surface area (Å²) in [4.78, 5) is 9.20. The van der Waals surface area contributed by atoms with Crippen LogP contribution in [-0.4, -0.2) is 17.1 Å². The third-order valence-corrected chi connectivity index (χ3v) is 4.14. The van der Waals surface area contributed by atoms with E-state index in [-0.39, 0.29) is 0 Å². The number of benzene rings is 1. The van der Waals surface area contributed by atoms with Crippen LogP contribution in [0.4, 0.5) is 5.82 Å². The van der Waals surface area contributed by atoms with E-state index in [1.165, 1.54) is 0 Å². The van der Waals surface area contributed by atoms with Gasteiger partial charge in [-0.1, -0.05) is 0 Å². The average Bonchev–Trinajstić information content (AvgIpc) is 2.94. The van der Waals surface area contributed by atoms with Crippen LogP contribution in [0.15, 0.2) is 22.7 Å². The second kappa shape index (κ2) is 5.38. The molecule has 0 bridgehead atoms. The lowest BCUT2D eigenvalue weighted by Gasteiger charge is -2.11. The highest BCUT2D eigenvalue weighted by atomic mass is 79.9. The highest BCUT2D eigenvalue weighted by molar-refractivity contribution is 9.10. The molecule has 20 heavy (non-hydrogen) atoms. The van der Waals surface area contributed by atoms with Crippen LogP contribution >= 0.6 is 15.9 Å². The van der Waals surface area contributed by atoms with Crippen molar-refractivity contribution in [2.45, 2.75) is 19.3 Å². The number of aromatic nitrogens is 2. The van der Waals surface area contributed by atoms with E-state index in [2.05, 4.69) is 31.3 Å². The minimum Gasteiger partial charge on any atom is -0.497 e. The van der Waals surface area contributed by atoms with Gasteiger partial charge in [0, 0.05) is 21.3 Å². The maximum Gasteiger partial charge on any atom is 0.162 e. The molecule has 0 radical (unpaired) electrons. The van der Waals surface area contributed by atoms with Gasteiger partial charge in [0.25, 0.3) is 0 Å². The first kappa shape index (κ1) is 13.3. The van der Waals surface area contributed by atoms with Crippen LogP contribution in [0, 0.1) is 0 Å². The van der Waals surface area contributed by atoms with E-state index in [4.69, 9.17) is 10.6 Å². The summed E-state index contributed by atoms with van der Waals surface area (Å²) in [6.07, 6.45) is 3.07. The summed E-state index contributed by atoms with van der Waals surface area (Å²) in [7, 11) is 1.64. The molecular weight excluding hydrogens is 320 g/mol. The van der Waals surface area contributed by atoms with E-state index < -0.39 is 0 Å². The molecule has 2 aromatic rings. The molecule has 6 heteroatoms. The van der Waals surface area contributed by atoms with Crippen molar-refractivity contribution in [2.75, 3.05) is 12.5 Å². The molecule has 0 atom stereocenters. The van der Waals surface area contributed by atoms with Gasteiger partial charge in [0.2, 0.25) is 0 Å². The van der Waals surface area contributed by atoms with E-state index >= 15 is 0 Å². The van der Waals surface area contributed by atoms with Crippen LogP contribution in [0.1, 0.15) is 17.7 Å². The zero-order valence-corrected chi connectivity index (χ0v) is 12.7. The summed E-state index contributed by atoms with van der Waals surface area (Å²) >= 11 is 3.54. The SMILES string of the molecule is COc1ccc(-c2nc3c(c(NN)n2)CCC3)c(Br)c1. The van der Waals surface area contributed by atoms with Gasteiger partial charge >= 0.3 is 0 Å². The second-order valence-electron chi connectivity index (χ2n) is 4.66. The molecule has 0 fully saturated rings. The normalized spacial score (nSPS) is 13.2. The number of anilines is 1. The Morgan fingerprint density at radius 2 is 2.15 bits per heavy atom. The van der Waals surface area contributed by atoms with Crippen LogP contribution in [-0.2, 0) is 12.8 Å². The largest absolute Gasteiger partial charge is 0.497 e. The average molecular weight is 335 g/mol. The lowest BCUT2D eigenvalue weighted by atomic mass is 10.1. The van der Waals surface area contributed by atoms with Crippen molar-refractivity contribution >= 4 is 21.7 Å². The molecule has 0 saturated carbocycles. The highest BCUT2D eigenvalue weighted by Gasteiger charge is 2.20. The number of hydrogen-bond acceptors (Lipinski definition) is 5. The fraction of sp³-hybridized carbons (Fsp3) is 0.286. The molecular formula is C14H15BrN4O. The molecule has 1 aliphatic carbocycles. The number of aryl methyl sites for hydroxylation is 1. The van der Waals surface area contributed by atoms with Crippen LogP contribution in [0.5, 0.6) is 5.75 Å². The summed E-state index contributed by atoms with van der Waals surface area (Å²) in [5.41, 5.74) is 5.84. The zero-order chi connectivity index (χ0) is 14.1. The van der Waals surface area contributed by atoms with Crippen molar-refractivity contribution in [1.82, 2.24) is 9.97 Å². The van der Waals surface area contributed by atoms with Gasteiger partial charge < -0.3 is 10.2 Å². The first-order chi connectivity index (χ1) is 9.72. The minimum absolute atomic E-state index is 0.674. The molecule has 0 saturated heterocycles. The lowest BCUT2D eigenvalue weighted by Crippen LogP contribution is -2.12. The van der Waals surface area contributed by atoms with Gasteiger partial charge in [-0.2, -0.15) is 0 Å². The van der Waals surface area contributed by atoms with E-state index in [1.807, 2.05) is 18.2 Å². The van der Waals surface area contributed by atoms with Gasteiger partial charge in [-0.05, 0) is 53.4 Å². The fourth-order valence-corrected chi connectivity index (χ4v) is 3.01. The molecule has 1 heterocycles. The Bertz CT molecular complexity index is 660. The number of rotatable bonds is 3. The van der Waals surface area contributed by atoms with Crippen molar-refractivity contribution in [2.24, 2.45) is 5.84 Å². The standard InChI is InChI=1S/C14H15BrN4O/c1-20-8-5-6-9(11(15)7-8)13-17-12-4-2-3-10(12)14(18-13)19-16/h5-7H,2-4,16H2,1H3,(H,17,18,19). The Morgan fingerprint density at radius 1 is 1.30 bits per heavy atom. The number of hydrazine groups is 1. The first-order valence-corrected chi connectivity index (χ1v) is 7.22. The third-order valence-electron chi connectivity index (χ3n) is 3.49. The Morgan fingerprint density at radius 3 is 2.85 bits per heavy atom. The molecule has 0 unspecified atom stereocenters. The number of hydrogen-bond donors (Lipinski definition) is 2. The molecule has 3 N–H and O–H groups in total. The number of nitrogens with one attached hydrogen (secondary N) is 1. The van der Waals surface area contributed by atoms with Gasteiger partial charge in [-0.15, -0.1) is 0 Å². The number of nitrogens with two attached hydrogens (primary N) is 1. The van der Waals surface area contributed by atoms with Crippen molar-refractivity contribution < 1.29 is 4.74 Å². The maximum absolute atomic E-state index is 5.58. The lowest BCUT2D eigenvalue weighted by molar-refractivity contribution is 0.414. The van der Waals surface area contributed by atoms with E-state index in [0.717, 1.165) is 52.1 Å². The van der Waals surface area contributed by atoms with E-state index in [1.54, 1.807) is 7.11 Å². The molecule has 1 aliphatic rings. The molecule has 1 aromatic heterocycles. The Balaban J connectivity index is 2.11. The molecule has 1 aromatic carbocycles.